The van der Waals surface area contributed by atoms with Crippen molar-refractivity contribution in [1.29, 1.82) is 0 Å². The topological polar surface area (TPSA) is 44.8 Å². The van der Waals surface area contributed by atoms with E-state index in [1.807, 2.05) is 11.8 Å². The first-order chi connectivity index (χ1) is 10.6. The second-order valence-corrected chi connectivity index (χ2v) is 7.03. The molecule has 0 saturated carbocycles. The SMILES string of the molecule is CCOC(=O)N1CCC(N[C@H](C)CN2CCC[C@H](C)C2)CC1. The van der Waals surface area contributed by atoms with Gasteiger partial charge in [0.05, 0.1) is 6.61 Å². The highest BCUT2D eigenvalue weighted by atomic mass is 16.6. The Morgan fingerprint density at radius 1 is 1.27 bits per heavy atom. The molecule has 2 heterocycles. The van der Waals surface area contributed by atoms with Gasteiger partial charge in [-0.05, 0) is 52.0 Å². The molecule has 2 aliphatic heterocycles. The zero-order valence-corrected chi connectivity index (χ0v) is 14.5. The van der Waals surface area contributed by atoms with Gasteiger partial charge in [0.2, 0.25) is 0 Å². The maximum Gasteiger partial charge on any atom is 0.409 e. The number of hydrogen-bond acceptors (Lipinski definition) is 4. The molecule has 0 bridgehead atoms. The average molecular weight is 311 g/mol. The fraction of sp³-hybridized carbons (Fsp3) is 0.941. The van der Waals surface area contributed by atoms with Gasteiger partial charge in [0, 0.05) is 38.3 Å². The number of rotatable bonds is 5. The number of nitrogens with zero attached hydrogens (tertiary/aromatic N) is 2. The number of carbonyl (C=O) groups excluding carboxylic acids is 1. The molecule has 0 aromatic heterocycles. The van der Waals surface area contributed by atoms with Crippen molar-refractivity contribution in [1.82, 2.24) is 15.1 Å². The third-order valence-electron chi connectivity index (χ3n) is 4.81. The number of hydrogen-bond donors (Lipinski definition) is 1. The van der Waals surface area contributed by atoms with Crippen molar-refractivity contribution in [3.63, 3.8) is 0 Å². The molecule has 2 fully saturated rings. The van der Waals surface area contributed by atoms with E-state index in [4.69, 9.17) is 4.74 Å². The minimum Gasteiger partial charge on any atom is -0.450 e. The highest BCUT2D eigenvalue weighted by molar-refractivity contribution is 5.67. The van der Waals surface area contributed by atoms with Crippen molar-refractivity contribution in [3.8, 4) is 0 Å². The van der Waals surface area contributed by atoms with E-state index in [9.17, 15) is 4.79 Å². The predicted octanol–water partition coefficient (Wildman–Crippen LogP) is 2.32. The summed E-state index contributed by atoms with van der Waals surface area (Å²) in [6.45, 7) is 12.2. The van der Waals surface area contributed by atoms with E-state index in [-0.39, 0.29) is 6.09 Å². The molecule has 1 amide bonds. The molecule has 2 rings (SSSR count). The molecule has 0 radical (unpaired) electrons. The van der Waals surface area contributed by atoms with E-state index in [1.165, 1.54) is 25.9 Å². The van der Waals surface area contributed by atoms with Gasteiger partial charge in [0.1, 0.15) is 0 Å². The van der Waals surface area contributed by atoms with E-state index >= 15 is 0 Å². The lowest BCUT2D eigenvalue weighted by Gasteiger charge is -2.36. The first kappa shape index (κ1) is 17.5. The summed E-state index contributed by atoms with van der Waals surface area (Å²) in [7, 11) is 0. The summed E-state index contributed by atoms with van der Waals surface area (Å²) < 4.78 is 5.07. The van der Waals surface area contributed by atoms with E-state index in [2.05, 4.69) is 24.1 Å². The van der Waals surface area contributed by atoms with Crippen LogP contribution in [0.25, 0.3) is 0 Å². The summed E-state index contributed by atoms with van der Waals surface area (Å²) in [6, 6.07) is 1.05. The predicted molar refractivity (Wildman–Crippen MR) is 89.1 cm³/mol. The van der Waals surface area contributed by atoms with Crippen LogP contribution in [0.5, 0.6) is 0 Å². The summed E-state index contributed by atoms with van der Waals surface area (Å²) in [4.78, 5) is 16.1. The molecule has 2 atom stereocenters. The number of nitrogens with one attached hydrogen (secondary N) is 1. The van der Waals surface area contributed by atoms with Crippen molar-refractivity contribution in [3.05, 3.63) is 0 Å². The van der Waals surface area contributed by atoms with Crippen LogP contribution >= 0.6 is 0 Å². The van der Waals surface area contributed by atoms with E-state index in [0.29, 0.717) is 18.7 Å². The van der Waals surface area contributed by atoms with Crippen LogP contribution < -0.4 is 5.32 Å². The summed E-state index contributed by atoms with van der Waals surface area (Å²) in [5.41, 5.74) is 0. The Kier molecular flexibility index (Phi) is 6.96. The summed E-state index contributed by atoms with van der Waals surface area (Å²) in [5.74, 6) is 0.841. The third-order valence-corrected chi connectivity index (χ3v) is 4.81. The minimum absolute atomic E-state index is 0.156. The Morgan fingerprint density at radius 3 is 2.64 bits per heavy atom. The maximum absolute atomic E-state index is 11.7. The molecular weight excluding hydrogens is 278 g/mol. The molecule has 2 saturated heterocycles. The quantitative estimate of drug-likeness (QED) is 0.846. The maximum atomic E-state index is 11.7. The third kappa shape index (κ3) is 5.43. The lowest BCUT2D eigenvalue weighted by molar-refractivity contribution is 0.0931. The molecule has 1 N–H and O–H groups in total. The molecule has 5 nitrogen and oxygen atoms in total. The van der Waals surface area contributed by atoms with Gasteiger partial charge < -0.3 is 19.9 Å². The van der Waals surface area contributed by atoms with Crippen LogP contribution in [0, 0.1) is 5.92 Å². The summed E-state index contributed by atoms with van der Waals surface area (Å²) in [5, 5.41) is 3.75. The van der Waals surface area contributed by atoms with Crippen LogP contribution in [-0.2, 0) is 4.74 Å². The lowest BCUT2D eigenvalue weighted by Crippen LogP contribution is -2.50. The Morgan fingerprint density at radius 2 is 2.00 bits per heavy atom. The molecule has 0 spiro atoms. The molecule has 0 aliphatic carbocycles. The molecular formula is C17H33N3O2. The van der Waals surface area contributed by atoms with Gasteiger partial charge in [-0.1, -0.05) is 6.92 Å². The minimum atomic E-state index is -0.156. The number of carbonyl (C=O) groups is 1. The zero-order valence-electron chi connectivity index (χ0n) is 14.5. The lowest BCUT2D eigenvalue weighted by atomic mass is 9.99. The normalized spacial score (nSPS) is 26.0. The highest BCUT2D eigenvalue weighted by Gasteiger charge is 2.25. The Balaban J connectivity index is 1.66. The molecule has 128 valence electrons. The number of amides is 1. The number of likely N-dealkylation sites (tertiary alicyclic amines) is 2. The Hall–Kier alpha value is -0.810. The first-order valence-electron chi connectivity index (χ1n) is 8.98. The van der Waals surface area contributed by atoms with Crippen LogP contribution in [-0.4, -0.2) is 67.3 Å². The van der Waals surface area contributed by atoms with Gasteiger partial charge in [-0.2, -0.15) is 0 Å². The molecule has 22 heavy (non-hydrogen) atoms. The molecule has 5 heteroatoms. The smallest absolute Gasteiger partial charge is 0.409 e. The van der Waals surface area contributed by atoms with Crippen LogP contribution in [0.4, 0.5) is 4.79 Å². The van der Waals surface area contributed by atoms with Crippen molar-refractivity contribution in [2.24, 2.45) is 5.92 Å². The Labute approximate surface area is 135 Å². The van der Waals surface area contributed by atoms with Gasteiger partial charge in [-0.15, -0.1) is 0 Å². The number of piperidine rings is 2. The summed E-state index contributed by atoms with van der Waals surface area (Å²) in [6.07, 6.45) is 4.62. The van der Waals surface area contributed by atoms with Crippen LogP contribution in [0.1, 0.15) is 46.5 Å². The van der Waals surface area contributed by atoms with Crippen molar-refractivity contribution >= 4 is 6.09 Å². The summed E-state index contributed by atoms with van der Waals surface area (Å²) >= 11 is 0. The second-order valence-electron chi connectivity index (χ2n) is 7.03. The van der Waals surface area contributed by atoms with Gasteiger partial charge in [-0.25, -0.2) is 4.79 Å². The molecule has 0 aromatic carbocycles. The van der Waals surface area contributed by atoms with Crippen molar-refractivity contribution in [2.75, 3.05) is 39.3 Å². The molecule has 0 aromatic rings. The largest absolute Gasteiger partial charge is 0.450 e. The second kappa shape index (κ2) is 8.73. The van der Waals surface area contributed by atoms with E-state index in [0.717, 1.165) is 38.4 Å². The van der Waals surface area contributed by atoms with Gasteiger partial charge >= 0.3 is 6.09 Å². The molecule has 2 aliphatic rings. The van der Waals surface area contributed by atoms with E-state index in [1.54, 1.807) is 0 Å². The van der Waals surface area contributed by atoms with Crippen LogP contribution in [0.15, 0.2) is 0 Å². The fourth-order valence-electron chi connectivity index (χ4n) is 3.74. The monoisotopic (exact) mass is 311 g/mol. The molecule has 0 unspecified atom stereocenters. The van der Waals surface area contributed by atoms with Crippen LogP contribution in [0.3, 0.4) is 0 Å². The first-order valence-corrected chi connectivity index (χ1v) is 8.98. The van der Waals surface area contributed by atoms with Crippen LogP contribution in [0.2, 0.25) is 0 Å². The standard InChI is InChI=1S/C17H33N3O2/c1-4-22-17(21)20-10-7-16(8-11-20)18-15(3)13-19-9-5-6-14(2)12-19/h14-16,18H,4-13H2,1-3H3/t14-,15+/m0/s1. The highest BCUT2D eigenvalue weighted by Crippen LogP contribution is 2.16. The van der Waals surface area contributed by atoms with Gasteiger partial charge in [0.25, 0.3) is 0 Å². The van der Waals surface area contributed by atoms with Gasteiger partial charge in [0.15, 0.2) is 0 Å². The fourth-order valence-corrected chi connectivity index (χ4v) is 3.74. The Bertz CT molecular complexity index is 343. The number of ether oxygens (including phenoxy) is 1. The van der Waals surface area contributed by atoms with Crippen molar-refractivity contribution in [2.45, 2.75) is 58.5 Å². The van der Waals surface area contributed by atoms with Crippen molar-refractivity contribution < 1.29 is 9.53 Å². The van der Waals surface area contributed by atoms with Gasteiger partial charge in [-0.3, -0.25) is 0 Å². The van der Waals surface area contributed by atoms with E-state index < -0.39 is 0 Å². The average Bonchev–Trinajstić information content (AvgIpc) is 2.48. The zero-order chi connectivity index (χ0) is 15.9.